The molecule has 3 nitrogen and oxygen atoms in total. The predicted octanol–water partition coefficient (Wildman–Crippen LogP) is 4.70. The van der Waals surface area contributed by atoms with E-state index >= 15 is 0 Å². The summed E-state index contributed by atoms with van der Waals surface area (Å²) in [6, 6.07) is 0. The van der Waals surface area contributed by atoms with Crippen LogP contribution in [-0.4, -0.2) is 18.4 Å². The highest BCUT2D eigenvalue weighted by Gasteiger charge is 2.58. The van der Waals surface area contributed by atoms with Crippen molar-refractivity contribution in [2.75, 3.05) is 6.61 Å². The van der Waals surface area contributed by atoms with Crippen molar-refractivity contribution in [1.29, 1.82) is 0 Å². The maximum atomic E-state index is 11.9. The highest BCUT2D eigenvalue weighted by molar-refractivity contribution is 5.91. The Hall–Kier alpha value is -1.12. The van der Waals surface area contributed by atoms with E-state index in [-0.39, 0.29) is 11.4 Å². The molecule has 0 bridgehead atoms. The number of esters is 1. The Morgan fingerprint density at radius 1 is 1.12 bits per heavy atom. The first-order chi connectivity index (χ1) is 11.8. The van der Waals surface area contributed by atoms with Gasteiger partial charge in [0.1, 0.15) is 0 Å². The molecular weight excluding hydrogens is 312 g/mol. The summed E-state index contributed by atoms with van der Waals surface area (Å²) in [5, 5.41) is 0. The smallest absolute Gasteiger partial charge is 0.302 e. The van der Waals surface area contributed by atoms with Crippen LogP contribution in [0.15, 0.2) is 11.6 Å². The molecule has 0 amide bonds. The summed E-state index contributed by atoms with van der Waals surface area (Å²) in [4.78, 5) is 23.2. The quantitative estimate of drug-likeness (QED) is 0.682. The lowest BCUT2D eigenvalue weighted by Gasteiger charge is -2.58. The standard InChI is InChI=1S/C22H32O3/c1-14(23)25-13-16-5-7-19-18-6-4-15-12-17(24)8-10-21(15,2)20(18)9-11-22(16,19)3/h12,16,18-20H,4-11,13H2,1-3H3/t16-,18+,19+,20+,21+,22-/m1/s1. The maximum Gasteiger partial charge on any atom is 0.302 e. The molecule has 4 rings (SSSR count). The first kappa shape index (κ1) is 17.3. The second kappa shape index (κ2) is 5.96. The fourth-order valence-corrected chi connectivity index (χ4v) is 7.16. The van der Waals surface area contributed by atoms with Crippen LogP contribution in [0.2, 0.25) is 0 Å². The van der Waals surface area contributed by atoms with Crippen LogP contribution in [0.5, 0.6) is 0 Å². The van der Waals surface area contributed by atoms with Gasteiger partial charge in [-0.25, -0.2) is 0 Å². The van der Waals surface area contributed by atoms with Gasteiger partial charge in [0.25, 0.3) is 0 Å². The molecular formula is C22H32O3. The average molecular weight is 344 g/mol. The Balaban J connectivity index is 1.57. The normalized spacial score (nSPS) is 45.9. The number of fused-ring (bicyclic) bond motifs is 5. The van der Waals surface area contributed by atoms with Crippen LogP contribution in [0.25, 0.3) is 0 Å². The van der Waals surface area contributed by atoms with Crippen molar-refractivity contribution < 1.29 is 14.3 Å². The molecule has 6 atom stereocenters. The van der Waals surface area contributed by atoms with Crippen LogP contribution in [0.4, 0.5) is 0 Å². The second-order valence-corrected chi connectivity index (χ2v) is 9.59. The minimum absolute atomic E-state index is 0.146. The number of hydrogen-bond donors (Lipinski definition) is 0. The van der Waals surface area contributed by atoms with Gasteiger partial charge < -0.3 is 4.74 Å². The van der Waals surface area contributed by atoms with Gasteiger partial charge in [0.2, 0.25) is 0 Å². The molecule has 4 aliphatic rings. The number of ketones is 1. The Morgan fingerprint density at radius 2 is 1.92 bits per heavy atom. The molecule has 0 aromatic heterocycles. The molecule has 25 heavy (non-hydrogen) atoms. The fourth-order valence-electron chi connectivity index (χ4n) is 7.16. The number of carbonyl (C=O) groups excluding carboxylic acids is 2. The van der Waals surface area contributed by atoms with Gasteiger partial charge in [-0.2, -0.15) is 0 Å². The molecule has 0 aromatic carbocycles. The fraction of sp³-hybridized carbons (Fsp3) is 0.818. The van der Waals surface area contributed by atoms with Gasteiger partial charge >= 0.3 is 5.97 Å². The van der Waals surface area contributed by atoms with Crippen molar-refractivity contribution in [3.05, 3.63) is 11.6 Å². The predicted molar refractivity (Wildman–Crippen MR) is 96.8 cm³/mol. The van der Waals surface area contributed by atoms with Crippen molar-refractivity contribution in [2.24, 2.45) is 34.5 Å². The molecule has 0 aliphatic heterocycles. The lowest BCUT2D eigenvalue weighted by Crippen LogP contribution is -2.50. The molecule has 3 fully saturated rings. The van der Waals surface area contributed by atoms with Crippen molar-refractivity contribution in [3.63, 3.8) is 0 Å². The number of rotatable bonds is 2. The van der Waals surface area contributed by atoms with Crippen LogP contribution >= 0.6 is 0 Å². The molecule has 0 unspecified atom stereocenters. The lowest BCUT2D eigenvalue weighted by atomic mass is 9.47. The minimum Gasteiger partial charge on any atom is -0.466 e. The first-order valence-electron chi connectivity index (χ1n) is 10.2. The monoisotopic (exact) mass is 344 g/mol. The summed E-state index contributed by atoms with van der Waals surface area (Å²) in [6.07, 6.45) is 11.2. The Bertz CT molecular complexity index is 621. The molecule has 0 saturated heterocycles. The van der Waals surface area contributed by atoms with E-state index in [1.165, 1.54) is 44.6 Å². The van der Waals surface area contributed by atoms with Crippen LogP contribution < -0.4 is 0 Å². The summed E-state index contributed by atoms with van der Waals surface area (Å²) in [5.74, 6) is 3.02. The van der Waals surface area contributed by atoms with Gasteiger partial charge in [-0.15, -0.1) is 0 Å². The summed E-state index contributed by atoms with van der Waals surface area (Å²) in [7, 11) is 0. The van der Waals surface area contributed by atoms with E-state index in [0.717, 1.165) is 37.0 Å². The Labute approximate surface area is 151 Å². The third kappa shape index (κ3) is 2.61. The zero-order chi connectivity index (χ0) is 17.8. The molecule has 3 saturated carbocycles. The zero-order valence-electron chi connectivity index (χ0n) is 16.0. The van der Waals surface area contributed by atoms with Crippen LogP contribution in [0.3, 0.4) is 0 Å². The molecule has 0 heterocycles. The Kier molecular flexibility index (Phi) is 4.12. The molecule has 0 spiro atoms. The van der Waals surface area contributed by atoms with E-state index in [1.807, 2.05) is 6.08 Å². The highest BCUT2D eigenvalue weighted by Crippen LogP contribution is 2.66. The molecule has 138 valence electrons. The largest absolute Gasteiger partial charge is 0.466 e. The van der Waals surface area contributed by atoms with E-state index in [4.69, 9.17) is 4.74 Å². The molecule has 0 aromatic rings. The van der Waals surface area contributed by atoms with Gasteiger partial charge in [-0.3, -0.25) is 9.59 Å². The average Bonchev–Trinajstić information content (AvgIpc) is 2.90. The van der Waals surface area contributed by atoms with E-state index in [1.54, 1.807) is 0 Å². The topological polar surface area (TPSA) is 43.4 Å². The van der Waals surface area contributed by atoms with Crippen molar-refractivity contribution in [1.82, 2.24) is 0 Å². The van der Waals surface area contributed by atoms with Gasteiger partial charge in [0.05, 0.1) is 6.61 Å². The Morgan fingerprint density at radius 3 is 2.68 bits per heavy atom. The van der Waals surface area contributed by atoms with E-state index < -0.39 is 0 Å². The van der Waals surface area contributed by atoms with Crippen LogP contribution in [-0.2, 0) is 14.3 Å². The second-order valence-electron chi connectivity index (χ2n) is 9.59. The van der Waals surface area contributed by atoms with Crippen LogP contribution in [0, 0.1) is 34.5 Å². The molecule has 3 heteroatoms. The van der Waals surface area contributed by atoms with Gasteiger partial charge in [0.15, 0.2) is 5.78 Å². The van der Waals surface area contributed by atoms with Gasteiger partial charge in [-0.05, 0) is 85.5 Å². The number of hydrogen-bond acceptors (Lipinski definition) is 3. The third-order valence-corrected chi connectivity index (χ3v) is 8.65. The SMILES string of the molecule is CC(=O)OC[C@H]1CC[C@H]2[C@@H]3CCC4=CC(=O)CC[C@]4(C)[C@H]3CC[C@]12C. The van der Waals surface area contributed by atoms with Crippen molar-refractivity contribution in [3.8, 4) is 0 Å². The number of carbonyl (C=O) groups is 2. The number of allylic oxidation sites excluding steroid dienone is 1. The highest BCUT2D eigenvalue weighted by atomic mass is 16.5. The van der Waals surface area contributed by atoms with Crippen molar-refractivity contribution >= 4 is 11.8 Å². The van der Waals surface area contributed by atoms with E-state index in [9.17, 15) is 9.59 Å². The summed E-state index contributed by atoms with van der Waals surface area (Å²) in [6.45, 7) is 7.03. The molecule has 4 aliphatic carbocycles. The van der Waals surface area contributed by atoms with Gasteiger partial charge in [0, 0.05) is 13.3 Å². The van der Waals surface area contributed by atoms with E-state index in [2.05, 4.69) is 13.8 Å². The summed E-state index contributed by atoms with van der Waals surface area (Å²) >= 11 is 0. The van der Waals surface area contributed by atoms with Crippen LogP contribution in [0.1, 0.15) is 72.1 Å². The zero-order valence-corrected chi connectivity index (χ0v) is 16.0. The molecule has 0 N–H and O–H groups in total. The first-order valence-corrected chi connectivity index (χ1v) is 10.2. The number of ether oxygens (including phenoxy) is 1. The minimum atomic E-state index is -0.146. The van der Waals surface area contributed by atoms with E-state index in [0.29, 0.717) is 23.7 Å². The summed E-state index contributed by atoms with van der Waals surface area (Å²) < 4.78 is 5.41. The lowest BCUT2D eigenvalue weighted by molar-refractivity contribution is -0.144. The van der Waals surface area contributed by atoms with Gasteiger partial charge in [-0.1, -0.05) is 19.4 Å². The maximum absolute atomic E-state index is 11.9. The van der Waals surface area contributed by atoms with Crippen molar-refractivity contribution in [2.45, 2.75) is 72.1 Å². The summed E-state index contributed by atoms with van der Waals surface area (Å²) in [5.41, 5.74) is 2.04. The third-order valence-electron chi connectivity index (χ3n) is 8.65. The molecule has 0 radical (unpaired) electrons.